The van der Waals surface area contributed by atoms with Gasteiger partial charge in [-0.05, 0) is 24.5 Å². The van der Waals surface area contributed by atoms with E-state index in [-0.39, 0.29) is 11.8 Å². The fraction of sp³-hybridized carbons (Fsp3) is 0.364. The number of nitrogens with zero attached hydrogens (tertiary/aromatic N) is 2. The molecule has 0 aromatic carbocycles. The van der Waals surface area contributed by atoms with Gasteiger partial charge < -0.3 is 5.32 Å². The minimum absolute atomic E-state index is 0.0275. The molecule has 0 saturated heterocycles. The van der Waals surface area contributed by atoms with Crippen molar-refractivity contribution in [1.82, 2.24) is 4.98 Å². The van der Waals surface area contributed by atoms with Crippen LogP contribution in [-0.2, 0) is 4.79 Å². The molecule has 2 atom stereocenters. The Morgan fingerprint density at radius 2 is 2.40 bits per heavy atom. The maximum absolute atomic E-state index is 11.5. The molecule has 76 valence electrons. The molecule has 1 fully saturated rings. The van der Waals surface area contributed by atoms with E-state index in [0.717, 1.165) is 6.42 Å². The summed E-state index contributed by atoms with van der Waals surface area (Å²) in [5.41, 5.74) is 0.493. The number of nitrogens with one attached hydrogen (secondary N) is 1. The van der Waals surface area contributed by atoms with Gasteiger partial charge in [0.15, 0.2) is 0 Å². The van der Waals surface area contributed by atoms with Crippen LogP contribution >= 0.6 is 0 Å². The Hall–Kier alpha value is -1.89. The van der Waals surface area contributed by atoms with Gasteiger partial charge in [0.2, 0.25) is 5.91 Å². The maximum Gasteiger partial charge on any atom is 0.228 e. The van der Waals surface area contributed by atoms with Gasteiger partial charge in [-0.3, -0.25) is 4.79 Å². The fourth-order valence-electron chi connectivity index (χ4n) is 1.44. The lowest BCUT2D eigenvalue weighted by Crippen LogP contribution is -2.15. The van der Waals surface area contributed by atoms with Crippen LogP contribution in [0.4, 0.5) is 5.82 Å². The van der Waals surface area contributed by atoms with Crippen molar-refractivity contribution >= 4 is 11.7 Å². The molecule has 1 N–H and O–H groups in total. The smallest absolute Gasteiger partial charge is 0.228 e. The summed E-state index contributed by atoms with van der Waals surface area (Å²) in [6.07, 6.45) is 2.41. The van der Waals surface area contributed by atoms with E-state index in [9.17, 15) is 4.79 Å². The number of pyridine rings is 1. The van der Waals surface area contributed by atoms with Gasteiger partial charge in [0.05, 0.1) is 5.56 Å². The Morgan fingerprint density at radius 1 is 1.67 bits per heavy atom. The van der Waals surface area contributed by atoms with Crippen molar-refractivity contribution in [3.05, 3.63) is 23.9 Å². The molecule has 1 aliphatic rings. The summed E-state index contributed by atoms with van der Waals surface area (Å²) in [4.78, 5) is 15.5. The third-order valence-electron chi connectivity index (χ3n) is 2.59. The van der Waals surface area contributed by atoms with E-state index in [0.29, 0.717) is 17.3 Å². The lowest BCUT2D eigenvalue weighted by atomic mass is 10.3. The van der Waals surface area contributed by atoms with E-state index in [1.807, 2.05) is 6.07 Å². The molecule has 1 heterocycles. The van der Waals surface area contributed by atoms with Crippen LogP contribution in [0.2, 0.25) is 0 Å². The lowest BCUT2D eigenvalue weighted by Gasteiger charge is -2.02. The molecular weight excluding hydrogens is 190 g/mol. The number of hydrogen-bond donors (Lipinski definition) is 1. The van der Waals surface area contributed by atoms with Gasteiger partial charge in [0.1, 0.15) is 11.9 Å². The molecule has 15 heavy (non-hydrogen) atoms. The van der Waals surface area contributed by atoms with Gasteiger partial charge in [-0.15, -0.1) is 0 Å². The Kier molecular flexibility index (Phi) is 2.38. The van der Waals surface area contributed by atoms with Crippen LogP contribution in [0.15, 0.2) is 18.3 Å². The van der Waals surface area contributed by atoms with Crippen LogP contribution < -0.4 is 5.32 Å². The van der Waals surface area contributed by atoms with Gasteiger partial charge in [-0.2, -0.15) is 5.26 Å². The van der Waals surface area contributed by atoms with Crippen LogP contribution in [0.5, 0.6) is 0 Å². The molecular formula is C11H11N3O. The third kappa shape index (κ3) is 2.13. The van der Waals surface area contributed by atoms with Gasteiger partial charge in [-0.1, -0.05) is 6.92 Å². The normalized spacial score (nSPS) is 22.9. The summed E-state index contributed by atoms with van der Waals surface area (Å²) in [5.74, 6) is 1.17. The monoisotopic (exact) mass is 201 g/mol. The van der Waals surface area contributed by atoms with E-state index in [1.54, 1.807) is 12.1 Å². The quantitative estimate of drug-likeness (QED) is 0.789. The van der Waals surface area contributed by atoms with Crippen molar-refractivity contribution in [3.8, 4) is 6.07 Å². The molecule has 1 amide bonds. The van der Waals surface area contributed by atoms with Crippen LogP contribution in [0, 0.1) is 23.2 Å². The number of rotatable bonds is 2. The first-order valence-corrected chi connectivity index (χ1v) is 4.87. The Morgan fingerprint density at radius 3 is 2.87 bits per heavy atom. The highest BCUT2D eigenvalue weighted by Gasteiger charge is 2.39. The summed E-state index contributed by atoms with van der Waals surface area (Å²) < 4.78 is 0. The molecule has 4 nitrogen and oxygen atoms in total. The first kappa shape index (κ1) is 9.66. The largest absolute Gasteiger partial charge is 0.310 e. The molecule has 2 rings (SSSR count). The molecule has 0 spiro atoms. The minimum Gasteiger partial charge on any atom is -0.310 e. The predicted octanol–water partition coefficient (Wildman–Crippen LogP) is 1.55. The molecule has 0 aliphatic heterocycles. The second-order valence-electron chi connectivity index (χ2n) is 3.85. The van der Waals surface area contributed by atoms with E-state index in [1.165, 1.54) is 6.20 Å². The van der Waals surface area contributed by atoms with Crippen molar-refractivity contribution in [2.24, 2.45) is 11.8 Å². The summed E-state index contributed by atoms with van der Waals surface area (Å²) in [5, 5.41) is 11.3. The molecule has 1 aromatic heterocycles. The van der Waals surface area contributed by atoms with Crippen molar-refractivity contribution in [2.75, 3.05) is 5.32 Å². The van der Waals surface area contributed by atoms with Crippen LogP contribution in [0.3, 0.4) is 0 Å². The lowest BCUT2D eigenvalue weighted by molar-refractivity contribution is -0.117. The van der Waals surface area contributed by atoms with Gasteiger partial charge in [-0.25, -0.2) is 4.98 Å². The highest BCUT2D eigenvalue weighted by Crippen LogP contribution is 2.38. The molecule has 0 radical (unpaired) electrons. The zero-order valence-electron chi connectivity index (χ0n) is 8.40. The van der Waals surface area contributed by atoms with Crippen molar-refractivity contribution < 1.29 is 4.79 Å². The Bertz CT molecular complexity index is 418. The number of nitriles is 1. The molecule has 0 bridgehead atoms. The Balaban J connectivity index is 1.99. The van der Waals surface area contributed by atoms with E-state index >= 15 is 0 Å². The summed E-state index contributed by atoms with van der Waals surface area (Å²) in [6.45, 7) is 2.05. The maximum atomic E-state index is 11.5. The van der Waals surface area contributed by atoms with Crippen LogP contribution in [-0.4, -0.2) is 10.9 Å². The number of anilines is 1. The zero-order chi connectivity index (χ0) is 10.8. The fourth-order valence-corrected chi connectivity index (χ4v) is 1.44. The summed E-state index contributed by atoms with van der Waals surface area (Å²) >= 11 is 0. The Labute approximate surface area is 87.9 Å². The molecule has 1 aromatic rings. The summed E-state index contributed by atoms with van der Waals surface area (Å²) in [7, 11) is 0. The van der Waals surface area contributed by atoms with Crippen molar-refractivity contribution in [2.45, 2.75) is 13.3 Å². The highest BCUT2D eigenvalue weighted by atomic mass is 16.2. The average molecular weight is 201 g/mol. The van der Waals surface area contributed by atoms with E-state index in [4.69, 9.17) is 5.26 Å². The second kappa shape index (κ2) is 3.70. The van der Waals surface area contributed by atoms with E-state index < -0.39 is 0 Å². The van der Waals surface area contributed by atoms with Gasteiger partial charge in [0, 0.05) is 12.1 Å². The number of amides is 1. The van der Waals surface area contributed by atoms with Crippen molar-refractivity contribution in [3.63, 3.8) is 0 Å². The molecule has 1 saturated carbocycles. The number of aromatic nitrogens is 1. The molecule has 1 aliphatic carbocycles. The van der Waals surface area contributed by atoms with Crippen molar-refractivity contribution in [1.29, 1.82) is 5.26 Å². The van der Waals surface area contributed by atoms with Gasteiger partial charge >= 0.3 is 0 Å². The van der Waals surface area contributed by atoms with Crippen LogP contribution in [0.25, 0.3) is 0 Å². The topological polar surface area (TPSA) is 65.8 Å². The average Bonchev–Trinajstić information content (AvgIpc) is 2.97. The third-order valence-corrected chi connectivity index (χ3v) is 2.59. The zero-order valence-corrected chi connectivity index (χ0v) is 8.40. The number of carbonyl (C=O) groups is 1. The summed E-state index contributed by atoms with van der Waals surface area (Å²) in [6, 6.07) is 5.25. The first-order chi connectivity index (χ1) is 7.20. The first-order valence-electron chi connectivity index (χ1n) is 4.87. The number of carbonyl (C=O) groups excluding carboxylic acids is 1. The molecule has 4 heteroatoms. The van der Waals surface area contributed by atoms with E-state index in [2.05, 4.69) is 17.2 Å². The molecule has 2 unspecified atom stereocenters. The van der Waals surface area contributed by atoms with Gasteiger partial charge in [0.25, 0.3) is 0 Å². The van der Waals surface area contributed by atoms with Crippen LogP contribution in [0.1, 0.15) is 18.9 Å². The standard InChI is InChI=1S/C11H11N3O/c1-7-4-9(7)11(15)14-10-3-2-8(5-12)6-13-10/h2-3,6-7,9H,4H2,1H3,(H,13,14,15). The predicted molar refractivity (Wildman–Crippen MR) is 54.9 cm³/mol. The second-order valence-corrected chi connectivity index (χ2v) is 3.85. The highest BCUT2D eigenvalue weighted by molar-refractivity contribution is 5.93. The SMILES string of the molecule is CC1CC1C(=O)Nc1ccc(C#N)cn1. The number of hydrogen-bond acceptors (Lipinski definition) is 3. The minimum atomic E-state index is 0.0275.